The van der Waals surface area contributed by atoms with Crippen LogP contribution < -0.4 is 16.2 Å². The number of thiocarbonyl (C=S) groups is 1. The predicted octanol–water partition coefficient (Wildman–Crippen LogP) is 2.50. The van der Waals surface area contributed by atoms with E-state index in [9.17, 15) is 4.79 Å². The normalized spacial score (nSPS) is 10.8. The Morgan fingerprint density at radius 1 is 1.15 bits per heavy atom. The summed E-state index contributed by atoms with van der Waals surface area (Å²) in [5.74, 6) is -0.203. The molecule has 1 aromatic rings. The molecule has 1 aromatic carbocycles. The van der Waals surface area contributed by atoms with Crippen LogP contribution in [0, 0.1) is 0 Å². The number of benzene rings is 1. The first-order chi connectivity index (χ1) is 9.34. The van der Waals surface area contributed by atoms with Crippen LogP contribution in [-0.4, -0.2) is 17.6 Å². The third-order valence-corrected chi connectivity index (χ3v) is 3.08. The molecule has 0 heterocycles. The number of carbonyl (C=O) groups excluding carboxylic acids is 1. The zero-order chi connectivity index (χ0) is 15.2. The van der Waals surface area contributed by atoms with Crippen LogP contribution in [0.25, 0.3) is 0 Å². The molecular weight excluding hydrogens is 270 g/mol. The second-order valence-corrected chi connectivity index (χ2v) is 6.07. The van der Waals surface area contributed by atoms with E-state index in [1.807, 2.05) is 31.2 Å². The molecule has 20 heavy (non-hydrogen) atoms. The second-order valence-electron chi connectivity index (χ2n) is 5.66. The standard InChI is InChI=1S/C15H23N3OS/c1-5-10-16-14(20)18-17-13(19)11-6-8-12(9-7-11)15(2,3)4/h6-9H,5,10H2,1-4H3,(H,17,19)(H2,16,18,20). The minimum Gasteiger partial charge on any atom is -0.361 e. The molecule has 0 saturated carbocycles. The topological polar surface area (TPSA) is 53.2 Å². The van der Waals surface area contributed by atoms with Gasteiger partial charge in [0, 0.05) is 12.1 Å². The predicted molar refractivity (Wildman–Crippen MR) is 86.6 cm³/mol. The van der Waals surface area contributed by atoms with Crippen LogP contribution in [0.4, 0.5) is 0 Å². The van der Waals surface area contributed by atoms with E-state index >= 15 is 0 Å². The van der Waals surface area contributed by atoms with Crippen LogP contribution in [0.3, 0.4) is 0 Å². The number of amides is 1. The zero-order valence-electron chi connectivity index (χ0n) is 12.5. The van der Waals surface area contributed by atoms with Gasteiger partial charge in [0.15, 0.2) is 5.11 Å². The van der Waals surface area contributed by atoms with Gasteiger partial charge in [0.1, 0.15) is 0 Å². The van der Waals surface area contributed by atoms with Crippen LogP contribution in [0.15, 0.2) is 24.3 Å². The van der Waals surface area contributed by atoms with Crippen molar-refractivity contribution in [1.29, 1.82) is 0 Å². The van der Waals surface area contributed by atoms with Crippen molar-refractivity contribution < 1.29 is 4.79 Å². The van der Waals surface area contributed by atoms with E-state index in [2.05, 4.69) is 36.9 Å². The van der Waals surface area contributed by atoms with Gasteiger partial charge in [-0.2, -0.15) is 0 Å². The lowest BCUT2D eigenvalue weighted by Gasteiger charge is -2.19. The molecule has 0 spiro atoms. The highest BCUT2D eigenvalue weighted by molar-refractivity contribution is 7.80. The van der Waals surface area contributed by atoms with Gasteiger partial charge in [-0.15, -0.1) is 0 Å². The van der Waals surface area contributed by atoms with Crippen molar-refractivity contribution in [2.75, 3.05) is 6.54 Å². The highest BCUT2D eigenvalue weighted by atomic mass is 32.1. The van der Waals surface area contributed by atoms with Crippen molar-refractivity contribution in [1.82, 2.24) is 16.2 Å². The molecule has 5 heteroatoms. The minimum absolute atomic E-state index is 0.0822. The van der Waals surface area contributed by atoms with Gasteiger partial charge in [0.05, 0.1) is 0 Å². The van der Waals surface area contributed by atoms with Crippen molar-refractivity contribution in [2.45, 2.75) is 39.5 Å². The first-order valence-electron chi connectivity index (χ1n) is 6.79. The largest absolute Gasteiger partial charge is 0.361 e. The van der Waals surface area contributed by atoms with E-state index in [1.165, 1.54) is 5.56 Å². The van der Waals surface area contributed by atoms with E-state index in [1.54, 1.807) is 0 Å². The van der Waals surface area contributed by atoms with Crippen molar-refractivity contribution in [2.24, 2.45) is 0 Å². The van der Waals surface area contributed by atoms with Crippen molar-refractivity contribution in [3.63, 3.8) is 0 Å². The summed E-state index contributed by atoms with van der Waals surface area (Å²) in [6.07, 6.45) is 0.976. The summed E-state index contributed by atoms with van der Waals surface area (Å²) in [4.78, 5) is 11.9. The molecule has 0 aliphatic rings. The van der Waals surface area contributed by atoms with Gasteiger partial charge in [-0.3, -0.25) is 15.6 Å². The van der Waals surface area contributed by atoms with Crippen LogP contribution in [0.2, 0.25) is 0 Å². The summed E-state index contributed by atoms with van der Waals surface area (Å²) in [5, 5.41) is 3.40. The Morgan fingerprint density at radius 3 is 2.25 bits per heavy atom. The van der Waals surface area contributed by atoms with Gasteiger partial charge >= 0.3 is 0 Å². The van der Waals surface area contributed by atoms with E-state index < -0.39 is 0 Å². The third kappa shape index (κ3) is 5.17. The van der Waals surface area contributed by atoms with Gasteiger partial charge in [-0.25, -0.2) is 0 Å². The summed E-state index contributed by atoms with van der Waals surface area (Å²) in [6.45, 7) is 9.25. The van der Waals surface area contributed by atoms with E-state index in [0.29, 0.717) is 10.7 Å². The molecular formula is C15H23N3OS. The lowest BCUT2D eigenvalue weighted by atomic mass is 9.87. The van der Waals surface area contributed by atoms with Crippen molar-refractivity contribution >= 4 is 23.2 Å². The molecule has 110 valence electrons. The quantitative estimate of drug-likeness (QED) is 0.592. The maximum Gasteiger partial charge on any atom is 0.269 e. The Labute approximate surface area is 126 Å². The summed E-state index contributed by atoms with van der Waals surface area (Å²) in [5.41, 5.74) is 7.13. The average Bonchev–Trinajstić information content (AvgIpc) is 2.41. The molecule has 0 bridgehead atoms. The maximum atomic E-state index is 11.9. The summed E-state index contributed by atoms with van der Waals surface area (Å²) in [6, 6.07) is 7.59. The number of hydrogen-bond acceptors (Lipinski definition) is 2. The molecule has 1 rings (SSSR count). The Hall–Kier alpha value is -1.62. The number of hydrazine groups is 1. The van der Waals surface area contributed by atoms with Crippen LogP contribution in [0.5, 0.6) is 0 Å². The molecule has 3 N–H and O–H groups in total. The molecule has 0 aromatic heterocycles. The first kappa shape index (κ1) is 16.4. The van der Waals surface area contributed by atoms with Gasteiger partial charge in [-0.05, 0) is 41.7 Å². The van der Waals surface area contributed by atoms with Gasteiger partial charge in [0.25, 0.3) is 5.91 Å². The lowest BCUT2D eigenvalue weighted by Crippen LogP contribution is -2.46. The monoisotopic (exact) mass is 293 g/mol. The van der Waals surface area contributed by atoms with Gasteiger partial charge in [-0.1, -0.05) is 39.8 Å². The number of nitrogens with one attached hydrogen (secondary N) is 3. The number of hydrogen-bond donors (Lipinski definition) is 3. The molecule has 0 fully saturated rings. The fourth-order valence-electron chi connectivity index (χ4n) is 1.59. The Kier molecular flexibility index (Phi) is 5.95. The fourth-order valence-corrected chi connectivity index (χ4v) is 1.74. The first-order valence-corrected chi connectivity index (χ1v) is 7.20. The molecule has 0 aliphatic carbocycles. The van der Waals surface area contributed by atoms with E-state index in [-0.39, 0.29) is 11.3 Å². The third-order valence-electron chi connectivity index (χ3n) is 2.84. The summed E-state index contributed by atoms with van der Waals surface area (Å²) >= 11 is 5.02. The molecule has 0 unspecified atom stereocenters. The van der Waals surface area contributed by atoms with Crippen LogP contribution in [0.1, 0.15) is 50.0 Å². The van der Waals surface area contributed by atoms with Crippen molar-refractivity contribution in [3.05, 3.63) is 35.4 Å². The molecule has 0 radical (unpaired) electrons. The van der Waals surface area contributed by atoms with Gasteiger partial charge < -0.3 is 5.32 Å². The molecule has 4 nitrogen and oxygen atoms in total. The van der Waals surface area contributed by atoms with Crippen molar-refractivity contribution in [3.8, 4) is 0 Å². The molecule has 1 amide bonds. The highest BCUT2D eigenvalue weighted by Crippen LogP contribution is 2.21. The highest BCUT2D eigenvalue weighted by Gasteiger charge is 2.14. The van der Waals surface area contributed by atoms with Crippen LogP contribution >= 0.6 is 12.2 Å². The lowest BCUT2D eigenvalue weighted by molar-refractivity contribution is 0.0943. The number of carbonyl (C=O) groups is 1. The number of rotatable bonds is 3. The molecule has 0 aliphatic heterocycles. The molecule has 0 atom stereocenters. The molecule has 0 saturated heterocycles. The van der Waals surface area contributed by atoms with Gasteiger partial charge in [0.2, 0.25) is 0 Å². The second kappa shape index (κ2) is 7.24. The Bertz CT molecular complexity index is 463. The van der Waals surface area contributed by atoms with E-state index in [0.717, 1.165) is 13.0 Å². The zero-order valence-corrected chi connectivity index (χ0v) is 13.4. The fraction of sp³-hybridized carbons (Fsp3) is 0.467. The summed E-state index contributed by atoms with van der Waals surface area (Å²) in [7, 11) is 0. The van der Waals surface area contributed by atoms with E-state index in [4.69, 9.17) is 12.2 Å². The average molecular weight is 293 g/mol. The smallest absolute Gasteiger partial charge is 0.269 e. The minimum atomic E-state index is -0.203. The van der Waals surface area contributed by atoms with Crippen LogP contribution in [-0.2, 0) is 5.41 Å². The summed E-state index contributed by atoms with van der Waals surface area (Å²) < 4.78 is 0. The Balaban J connectivity index is 2.54. The Morgan fingerprint density at radius 2 is 1.75 bits per heavy atom. The SMILES string of the molecule is CCCNC(=S)NNC(=O)c1ccc(C(C)(C)C)cc1. The maximum absolute atomic E-state index is 11.9.